The van der Waals surface area contributed by atoms with Gasteiger partial charge in [-0.25, -0.2) is 0 Å². The fraction of sp³-hybridized carbons (Fsp3) is 0.238. The fourth-order valence-electron chi connectivity index (χ4n) is 2.80. The zero-order chi connectivity index (χ0) is 22.2. The van der Waals surface area contributed by atoms with Gasteiger partial charge < -0.3 is 21.5 Å². The van der Waals surface area contributed by atoms with Crippen LogP contribution < -0.4 is 16.4 Å². The number of amides is 2. The third-order valence-electron chi connectivity index (χ3n) is 4.36. The van der Waals surface area contributed by atoms with Crippen molar-refractivity contribution >= 4 is 61.4 Å². The van der Waals surface area contributed by atoms with Crippen LogP contribution in [0, 0.1) is 0 Å². The summed E-state index contributed by atoms with van der Waals surface area (Å²) < 4.78 is 0.409. The fourth-order valence-corrected chi connectivity index (χ4v) is 4.49. The van der Waals surface area contributed by atoms with Gasteiger partial charge in [-0.3, -0.25) is 9.59 Å². The Kier molecular flexibility index (Phi) is 6.29. The Labute approximate surface area is 188 Å². The second-order valence-electron chi connectivity index (χ2n) is 7.82. The molecule has 9 heteroatoms. The average molecular weight is 466 g/mol. The summed E-state index contributed by atoms with van der Waals surface area (Å²) in [5.74, 6) is -1.43. The number of hydrogen-bond donors (Lipinski definition) is 4. The summed E-state index contributed by atoms with van der Waals surface area (Å²) in [6, 6.07) is 8.55. The average Bonchev–Trinajstić information content (AvgIpc) is 3.02. The number of nitrogens with two attached hydrogens (primary N) is 1. The first-order valence-electron chi connectivity index (χ1n) is 9.06. The quantitative estimate of drug-likeness (QED) is 0.417. The highest BCUT2D eigenvalue weighted by Crippen LogP contribution is 2.46. The van der Waals surface area contributed by atoms with Crippen LogP contribution >= 0.6 is 34.5 Å². The summed E-state index contributed by atoms with van der Waals surface area (Å²) in [6.07, 6.45) is 0. The lowest BCUT2D eigenvalue weighted by molar-refractivity contribution is 0.100. The van der Waals surface area contributed by atoms with Crippen LogP contribution in [-0.4, -0.2) is 22.5 Å². The van der Waals surface area contributed by atoms with Crippen LogP contribution in [0.25, 0.3) is 10.1 Å². The molecule has 3 rings (SSSR count). The molecule has 1 aromatic heterocycles. The highest BCUT2D eigenvalue weighted by atomic mass is 35.5. The summed E-state index contributed by atoms with van der Waals surface area (Å²) in [4.78, 5) is 24.8. The molecule has 0 aliphatic rings. The Balaban J connectivity index is 1.89. The normalized spacial score (nSPS) is 11.6. The van der Waals surface area contributed by atoms with Crippen LogP contribution in [0.2, 0.25) is 10.0 Å². The van der Waals surface area contributed by atoms with E-state index in [9.17, 15) is 14.7 Å². The number of halogens is 2. The van der Waals surface area contributed by atoms with E-state index in [1.54, 1.807) is 12.1 Å². The lowest BCUT2D eigenvalue weighted by Crippen LogP contribution is -2.35. The van der Waals surface area contributed by atoms with Crippen LogP contribution in [-0.2, 0) is 6.54 Å². The van der Waals surface area contributed by atoms with Gasteiger partial charge in [-0.05, 0) is 44.5 Å². The number of carbonyl (C=O) groups excluding carboxylic acids is 2. The van der Waals surface area contributed by atoms with Crippen molar-refractivity contribution in [2.45, 2.75) is 32.9 Å². The van der Waals surface area contributed by atoms with Crippen molar-refractivity contribution < 1.29 is 14.7 Å². The van der Waals surface area contributed by atoms with Crippen molar-refractivity contribution in [2.24, 2.45) is 5.73 Å². The minimum Gasteiger partial charge on any atom is -0.505 e. The zero-order valence-electron chi connectivity index (χ0n) is 16.6. The number of phenols is 1. The van der Waals surface area contributed by atoms with Gasteiger partial charge in [0.15, 0.2) is 5.75 Å². The maximum absolute atomic E-state index is 12.7. The van der Waals surface area contributed by atoms with Gasteiger partial charge in [0.2, 0.25) is 0 Å². The maximum Gasteiger partial charge on any atom is 0.256 e. The summed E-state index contributed by atoms with van der Waals surface area (Å²) >= 11 is 13.2. The number of phenolic OH excluding ortho intramolecular Hbond substituents is 1. The van der Waals surface area contributed by atoms with Gasteiger partial charge >= 0.3 is 0 Å². The topological polar surface area (TPSA) is 104 Å². The Morgan fingerprint density at radius 2 is 1.80 bits per heavy atom. The predicted molar refractivity (Wildman–Crippen MR) is 123 cm³/mol. The van der Waals surface area contributed by atoms with Gasteiger partial charge in [-0.1, -0.05) is 35.3 Å². The third-order valence-corrected chi connectivity index (χ3v) is 6.27. The van der Waals surface area contributed by atoms with Gasteiger partial charge in [0.25, 0.3) is 11.8 Å². The van der Waals surface area contributed by atoms with Crippen LogP contribution in [0.4, 0.5) is 5.00 Å². The van der Waals surface area contributed by atoms with E-state index in [1.807, 2.05) is 12.1 Å². The van der Waals surface area contributed by atoms with Gasteiger partial charge in [-0.15, -0.1) is 11.3 Å². The lowest BCUT2D eigenvalue weighted by atomic mass is 10.1. The number of hydrogen-bond acceptors (Lipinski definition) is 5. The van der Waals surface area contributed by atoms with E-state index in [-0.39, 0.29) is 31.9 Å². The molecule has 0 saturated heterocycles. The standard InChI is InChI=1S/C21H21Cl2N3O3S/c1-21(2,3)25-9-10-4-6-11(7-5-10)19(29)26-20-14(18(24)28)12-8-13(22)16(27)15(23)17(12)30-20/h4-8,25,27H,9H2,1-3H3,(H2,24,28)(H,26,29). The molecule has 0 spiro atoms. The Bertz CT molecular complexity index is 1140. The van der Waals surface area contributed by atoms with Crippen LogP contribution in [0.15, 0.2) is 30.3 Å². The molecule has 2 aromatic carbocycles. The highest BCUT2D eigenvalue weighted by molar-refractivity contribution is 7.24. The number of thiophene rings is 1. The minimum absolute atomic E-state index is 0.00111. The molecule has 0 radical (unpaired) electrons. The molecule has 1 heterocycles. The van der Waals surface area contributed by atoms with Crippen LogP contribution in [0.5, 0.6) is 5.75 Å². The molecular formula is C21H21Cl2N3O3S. The molecule has 0 fully saturated rings. The highest BCUT2D eigenvalue weighted by Gasteiger charge is 2.23. The Hall–Kier alpha value is -2.32. The maximum atomic E-state index is 12.7. The lowest BCUT2D eigenvalue weighted by Gasteiger charge is -2.20. The number of nitrogens with one attached hydrogen (secondary N) is 2. The van der Waals surface area contributed by atoms with E-state index >= 15 is 0 Å². The summed E-state index contributed by atoms with van der Waals surface area (Å²) in [6.45, 7) is 6.91. The number of carbonyl (C=O) groups is 2. The van der Waals surface area contributed by atoms with Crippen molar-refractivity contribution in [2.75, 3.05) is 5.32 Å². The summed E-state index contributed by atoms with van der Waals surface area (Å²) in [5.41, 5.74) is 7.07. The number of primary amides is 1. The molecule has 158 valence electrons. The van der Waals surface area contributed by atoms with E-state index < -0.39 is 11.8 Å². The molecule has 2 amide bonds. The minimum atomic E-state index is -0.738. The van der Waals surface area contributed by atoms with Crippen molar-refractivity contribution in [1.29, 1.82) is 0 Å². The molecule has 0 atom stereocenters. The van der Waals surface area contributed by atoms with Gasteiger partial charge in [-0.2, -0.15) is 0 Å². The Morgan fingerprint density at radius 3 is 2.37 bits per heavy atom. The van der Waals surface area contributed by atoms with E-state index in [0.29, 0.717) is 22.2 Å². The molecule has 0 saturated carbocycles. The van der Waals surface area contributed by atoms with E-state index in [1.165, 1.54) is 6.07 Å². The number of fused-ring (bicyclic) bond motifs is 1. The molecule has 0 aliphatic carbocycles. The molecule has 0 unspecified atom stereocenters. The number of aromatic hydroxyl groups is 1. The van der Waals surface area contributed by atoms with Gasteiger partial charge in [0, 0.05) is 23.0 Å². The second-order valence-corrected chi connectivity index (χ2v) is 9.63. The number of rotatable bonds is 5. The van der Waals surface area contributed by atoms with E-state index in [4.69, 9.17) is 28.9 Å². The first-order valence-corrected chi connectivity index (χ1v) is 10.6. The smallest absolute Gasteiger partial charge is 0.256 e. The third kappa shape index (κ3) is 4.70. The molecule has 30 heavy (non-hydrogen) atoms. The molecule has 0 bridgehead atoms. The van der Waals surface area contributed by atoms with E-state index in [0.717, 1.165) is 16.9 Å². The number of anilines is 1. The van der Waals surface area contributed by atoms with Crippen LogP contribution in [0.3, 0.4) is 0 Å². The van der Waals surface area contributed by atoms with Crippen LogP contribution in [0.1, 0.15) is 47.1 Å². The molecule has 5 N–H and O–H groups in total. The largest absolute Gasteiger partial charge is 0.505 e. The van der Waals surface area contributed by atoms with E-state index in [2.05, 4.69) is 31.4 Å². The monoisotopic (exact) mass is 465 g/mol. The van der Waals surface area contributed by atoms with Crippen molar-refractivity contribution in [1.82, 2.24) is 5.32 Å². The predicted octanol–water partition coefficient (Wildman–Crippen LogP) is 5.15. The van der Waals surface area contributed by atoms with Crippen molar-refractivity contribution in [3.63, 3.8) is 0 Å². The SMILES string of the molecule is CC(C)(C)NCc1ccc(C(=O)Nc2sc3c(Cl)c(O)c(Cl)cc3c2C(N)=O)cc1. The summed E-state index contributed by atoms with van der Waals surface area (Å²) in [5, 5.41) is 16.7. The van der Waals surface area contributed by atoms with Crippen molar-refractivity contribution in [3.8, 4) is 5.75 Å². The first-order chi connectivity index (χ1) is 14.0. The molecule has 6 nitrogen and oxygen atoms in total. The Morgan fingerprint density at radius 1 is 1.17 bits per heavy atom. The van der Waals surface area contributed by atoms with Gasteiger partial charge in [0.05, 0.1) is 15.3 Å². The summed E-state index contributed by atoms with van der Waals surface area (Å²) in [7, 11) is 0. The molecular weight excluding hydrogens is 445 g/mol. The van der Waals surface area contributed by atoms with Gasteiger partial charge in [0.1, 0.15) is 10.0 Å². The first kappa shape index (κ1) is 22.4. The second kappa shape index (κ2) is 8.43. The molecule has 0 aliphatic heterocycles. The van der Waals surface area contributed by atoms with Crippen molar-refractivity contribution in [3.05, 3.63) is 57.1 Å². The number of benzene rings is 2. The molecule has 3 aromatic rings. The zero-order valence-corrected chi connectivity index (χ0v) is 18.9.